The van der Waals surface area contributed by atoms with Gasteiger partial charge in [0.15, 0.2) is 5.65 Å². The second kappa shape index (κ2) is 9.25. The molecule has 3 N–H and O–H groups in total. The Morgan fingerprint density at radius 3 is 2.56 bits per heavy atom. The van der Waals surface area contributed by atoms with Crippen molar-refractivity contribution >= 4 is 49.8 Å². The summed E-state index contributed by atoms with van der Waals surface area (Å²) in [6, 6.07) is 7.28. The van der Waals surface area contributed by atoms with Gasteiger partial charge in [0.05, 0.1) is 23.3 Å². The first-order valence-electron chi connectivity index (χ1n) is 11.9. The van der Waals surface area contributed by atoms with Gasteiger partial charge in [-0.1, -0.05) is 6.07 Å². The van der Waals surface area contributed by atoms with Gasteiger partial charge in [-0.2, -0.15) is 0 Å². The maximum absolute atomic E-state index is 12.9. The van der Waals surface area contributed by atoms with Gasteiger partial charge in [0.1, 0.15) is 11.2 Å². The third-order valence-corrected chi connectivity index (χ3v) is 8.02. The molecule has 0 unspecified atom stereocenters. The highest BCUT2D eigenvalue weighted by Gasteiger charge is 2.30. The Kier molecular flexibility index (Phi) is 6.25. The molecule has 5 rings (SSSR count). The number of aromatic nitrogens is 3. The number of aromatic amines is 1. The van der Waals surface area contributed by atoms with Crippen molar-refractivity contribution in [2.24, 2.45) is 13.0 Å². The predicted molar refractivity (Wildman–Crippen MR) is 138 cm³/mol. The van der Waals surface area contributed by atoms with Gasteiger partial charge < -0.3 is 15.4 Å². The molecule has 2 fully saturated rings. The molecule has 0 bridgehead atoms. The van der Waals surface area contributed by atoms with E-state index >= 15 is 0 Å². The zero-order chi connectivity index (χ0) is 25.6. The number of carbonyl (C=O) groups excluding carboxylic acids is 1. The number of ether oxygens (including phenoxy) is 1. The third kappa shape index (κ3) is 4.82. The van der Waals surface area contributed by atoms with Gasteiger partial charge in [0, 0.05) is 39.3 Å². The first-order valence-corrected chi connectivity index (χ1v) is 13.8. The molecule has 1 aromatic carbocycles. The van der Waals surface area contributed by atoms with Crippen LogP contribution >= 0.6 is 0 Å². The summed E-state index contributed by atoms with van der Waals surface area (Å²) in [4.78, 5) is 29.7. The van der Waals surface area contributed by atoms with Crippen molar-refractivity contribution in [2.75, 3.05) is 41.5 Å². The van der Waals surface area contributed by atoms with E-state index in [0.717, 1.165) is 37.5 Å². The summed E-state index contributed by atoms with van der Waals surface area (Å²) < 4.78 is 33.0. The number of aryl methyl sites for hydroxylation is 1. The lowest BCUT2D eigenvalue weighted by molar-refractivity contribution is -0.117. The van der Waals surface area contributed by atoms with E-state index in [9.17, 15) is 18.0 Å². The summed E-state index contributed by atoms with van der Waals surface area (Å²) >= 11 is 0. The van der Waals surface area contributed by atoms with Gasteiger partial charge in [-0.15, -0.1) is 0 Å². The van der Waals surface area contributed by atoms with Gasteiger partial charge in [-0.05, 0) is 49.3 Å². The number of rotatable bonds is 7. The lowest BCUT2D eigenvalue weighted by atomic mass is 9.91. The average Bonchev–Trinajstić information content (AvgIpc) is 3.65. The van der Waals surface area contributed by atoms with Crippen LogP contribution in [0.3, 0.4) is 0 Å². The van der Waals surface area contributed by atoms with Gasteiger partial charge in [0.2, 0.25) is 15.9 Å². The number of pyridine rings is 1. The molecule has 1 aliphatic heterocycles. The number of amides is 1. The Morgan fingerprint density at radius 1 is 1.17 bits per heavy atom. The Labute approximate surface area is 208 Å². The molecule has 0 spiro atoms. The molecule has 2 aliphatic rings. The van der Waals surface area contributed by atoms with Crippen LogP contribution in [0.2, 0.25) is 0 Å². The molecular weight excluding hydrogens is 484 g/mol. The molecule has 1 saturated carbocycles. The van der Waals surface area contributed by atoms with Gasteiger partial charge in [0.25, 0.3) is 5.56 Å². The second-order valence-electron chi connectivity index (χ2n) is 9.54. The van der Waals surface area contributed by atoms with E-state index in [2.05, 4.69) is 20.7 Å². The van der Waals surface area contributed by atoms with Crippen molar-refractivity contribution in [2.45, 2.75) is 31.6 Å². The summed E-state index contributed by atoms with van der Waals surface area (Å²) in [6.45, 7) is 1.34. The molecule has 3 heterocycles. The summed E-state index contributed by atoms with van der Waals surface area (Å²) in [5, 5.41) is 9.30. The second-order valence-corrected chi connectivity index (χ2v) is 11.6. The molecule has 0 radical (unpaired) electrons. The normalized spacial score (nSPS) is 16.8. The maximum atomic E-state index is 12.9. The molecule has 1 saturated heterocycles. The van der Waals surface area contributed by atoms with Crippen LogP contribution in [0.1, 0.15) is 37.2 Å². The van der Waals surface area contributed by atoms with E-state index in [1.54, 1.807) is 13.1 Å². The number of nitrogens with zero attached hydrogens (tertiary/aromatic N) is 3. The van der Waals surface area contributed by atoms with Crippen LogP contribution < -0.4 is 20.5 Å². The fourth-order valence-electron chi connectivity index (χ4n) is 4.48. The van der Waals surface area contributed by atoms with E-state index in [1.807, 2.05) is 18.2 Å². The van der Waals surface area contributed by atoms with Gasteiger partial charge in [-0.3, -0.25) is 23.7 Å². The number of H-pyrrole nitrogens is 1. The fourth-order valence-corrected chi connectivity index (χ4v) is 4.99. The van der Waals surface area contributed by atoms with Crippen molar-refractivity contribution in [1.82, 2.24) is 14.8 Å². The van der Waals surface area contributed by atoms with E-state index in [1.165, 1.54) is 16.0 Å². The van der Waals surface area contributed by atoms with Crippen molar-refractivity contribution in [3.63, 3.8) is 0 Å². The first-order chi connectivity index (χ1) is 17.1. The highest BCUT2D eigenvalue weighted by molar-refractivity contribution is 7.92. The van der Waals surface area contributed by atoms with Gasteiger partial charge in [-0.25, -0.2) is 13.4 Å². The standard InChI is InChI=1S/C24H30N6O5S/c1-29-24(32)21-18(13-20(26-22(21)28-29)27-23(31)15-4-5-15)25-17-7-6-16(14-8-10-35-11-9-14)12-19(17)30(2)36(3,33)34/h6-7,12-15H,4-5,8-11H2,1-3H3,(H3,25,26,27,28,31). The lowest BCUT2D eigenvalue weighted by Crippen LogP contribution is -2.26. The van der Waals surface area contributed by atoms with Crippen molar-refractivity contribution in [3.8, 4) is 0 Å². The highest BCUT2D eigenvalue weighted by Crippen LogP contribution is 2.37. The van der Waals surface area contributed by atoms with Crippen LogP contribution in [0, 0.1) is 5.92 Å². The quantitative estimate of drug-likeness (QED) is 0.441. The zero-order valence-corrected chi connectivity index (χ0v) is 21.3. The topological polar surface area (TPSA) is 138 Å². The van der Waals surface area contributed by atoms with Crippen LogP contribution in [-0.2, 0) is 26.6 Å². The molecule has 1 amide bonds. The Hall–Kier alpha value is -3.38. The molecule has 2 aromatic heterocycles. The van der Waals surface area contributed by atoms with E-state index < -0.39 is 10.0 Å². The average molecular weight is 515 g/mol. The number of anilines is 4. The number of nitrogens with one attached hydrogen (secondary N) is 3. The molecule has 36 heavy (non-hydrogen) atoms. The number of hydrogen-bond donors (Lipinski definition) is 3. The third-order valence-electron chi connectivity index (χ3n) is 6.83. The number of benzene rings is 1. The van der Waals surface area contributed by atoms with Crippen LogP contribution in [0.25, 0.3) is 11.0 Å². The van der Waals surface area contributed by atoms with Crippen molar-refractivity contribution in [1.29, 1.82) is 0 Å². The van der Waals surface area contributed by atoms with Crippen LogP contribution in [0.15, 0.2) is 29.1 Å². The summed E-state index contributed by atoms with van der Waals surface area (Å²) in [6.07, 6.45) is 4.58. The number of fused-ring (bicyclic) bond motifs is 1. The van der Waals surface area contributed by atoms with E-state index in [4.69, 9.17) is 4.74 Å². The molecule has 1 aliphatic carbocycles. The Balaban J connectivity index is 1.58. The summed E-state index contributed by atoms with van der Waals surface area (Å²) in [5.74, 6) is 0.458. The predicted octanol–water partition coefficient (Wildman–Crippen LogP) is 2.64. The Morgan fingerprint density at radius 2 is 1.89 bits per heavy atom. The summed E-state index contributed by atoms with van der Waals surface area (Å²) in [5.41, 5.74) is 2.43. The molecule has 11 nitrogen and oxygen atoms in total. The van der Waals surface area contributed by atoms with Gasteiger partial charge >= 0.3 is 0 Å². The highest BCUT2D eigenvalue weighted by atomic mass is 32.2. The molecule has 192 valence electrons. The van der Waals surface area contributed by atoms with E-state index in [0.29, 0.717) is 47.1 Å². The fraction of sp³-hybridized carbons (Fsp3) is 0.458. The summed E-state index contributed by atoms with van der Waals surface area (Å²) in [7, 11) is -0.477. The number of hydrogen-bond acceptors (Lipinski definition) is 7. The SMILES string of the molecule is CN(c1cc(C2CCOCC2)ccc1Nc1cc(NC(=O)C2CC2)nc2[nH]n(C)c(=O)c12)S(C)(=O)=O. The molecule has 12 heteroatoms. The monoisotopic (exact) mass is 514 g/mol. The molecular formula is C24H30N6O5S. The first kappa shape index (κ1) is 24.3. The van der Waals surface area contributed by atoms with Crippen molar-refractivity contribution < 1.29 is 17.9 Å². The lowest BCUT2D eigenvalue weighted by Gasteiger charge is -2.26. The number of carbonyl (C=O) groups is 1. The van der Waals surface area contributed by atoms with Crippen LogP contribution in [0.4, 0.5) is 22.9 Å². The molecule has 0 atom stereocenters. The van der Waals surface area contributed by atoms with Crippen LogP contribution in [-0.4, -0.2) is 55.6 Å². The Bertz CT molecular complexity index is 1480. The molecule has 3 aromatic rings. The minimum atomic E-state index is -3.56. The van der Waals surface area contributed by atoms with Crippen LogP contribution in [0.5, 0.6) is 0 Å². The van der Waals surface area contributed by atoms with Crippen molar-refractivity contribution in [3.05, 3.63) is 40.2 Å². The largest absolute Gasteiger partial charge is 0.381 e. The smallest absolute Gasteiger partial charge is 0.277 e. The van der Waals surface area contributed by atoms with E-state index in [-0.39, 0.29) is 23.3 Å². The minimum absolute atomic E-state index is 0.0125. The zero-order valence-electron chi connectivity index (χ0n) is 20.5. The maximum Gasteiger partial charge on any atom is 0.277 e. The minimum Gasteiger partial charge on any atom is -0.381 e. The number of sulfonamides is 1.